The Morgan fingerprint density at radius 1 is 1.22 bits per heavy atom. The number of rotatable bonds is 5. The number of anilines is 2. The monoisotopic (exact) mass is 387 g/mol. The summed E-state index contributed by atoms with van der Waals surface area (Å²) in [6, 6.07) is 5.52. The average molecular weight is 387 g/mol. The van der Waals surface area contributed by atoms with E-state index >= 15 is 0 Å². The van der Waals surface area contributed by atoms with Crippen LogP contribution in [0.5, 0.6) is 11.5 Å². The number of hydrogen-bond acceptors (Lipinski definition) is 8. The molecule has 4 rings (SSSR count). The third kappa shape index (κ3) is 3.52. The van der Waals surface area contributed by atoms with Crippen LogP contribution in [0.3, 0.4) is 0 Å². The molecule has 142 valence electrons. The summed E-state index contributed by atoms with van der Waals surface area (Å²) < 4.78 is 18.5. The second kappa shape index (κ2) is 7.61. The van der Waals surface area contributed by atoms with Gasteiger partial charge in [0, 0.05) is 12.7 Å². The first kappa shape index (κ1) is 17.9. The van der Waals surface area contributed by atoms with Gasteiger partial charge in [-0.3, -0.25) is 4.57 Å². The molecule has 1 saturated heterocycles. The van der Waals surface area contributed by atoms with Gasteiger partial charge in [-0.25, -0.2) is 15.0 Å². The number of ether oxygens (including phenoxy) is 3. The zero-order valence-electron chi connectivity index (χ0n) is 15.2. The highest BCUT2D eigenvalue weighted by atomic mass is 32.1. The lowest BCUT2D eigenvalue weighted by atomic mass is 10.2. The molecule has 1 unspecified atom stereocenters. The molecular formula is C18H21N5O3S. The molecule has 1 aromatic carbocycles. The number of fused-ring (bicyclic) bond motifs is 1. The minimum atomic E-state index is -0.0604. The number of nitrogens with one attached hydrogen (secondary N) is 1. The van der Waals surface area contributed by atoms with Crippen LogP contribution in [0.15, 0.2) is 29.7 Å². The van der Waals surface area contributed by atoms with Crippen molar-refractivity contribution in [3.8, 4) is 11.5 Å². The molecule has 0 aliphatic carbocycles. The van der Waals surface area contributed by atoms with Crippen LogP contribution < -0.4 is 14.8 Å². The van der Waals surface area contributed by atoms with E-state index < -0.39 is 0 Å². The van der Waals surface area contributed by atoms with Gasteiger partial charge in [-0.15, -0.1) is 12.6 Å². The molecule has 8 nitrogen and oxygen atoms in total. The number of thiol groups is 1. The van der Waals surface area contributed by atoms with E-state index in [0.29, 0.717) is 33.6 Å². The molecule has 3 heterocycles. The second-order valence-electron chi connectivity index (χ2n) is 6.21. The van der Waals surface area contributed by atoms with Crippen molar-refractivity contribution in [2.24, 2.45) is 0 Å². The minimum Gasteiger partial charge on any atom is -0.497 e. The van der Waals surface area contributed by atoms with Crippen LogP contribution in [0.4, 0.5) is 11.5 Å². The Morgan fingerprint density at radius 3 is 2.85 bits per heavy atom. The number of imidazole rings is 1. The smallest absolute Gasteiger partial charge is 0.188 e. The highest BCUT2D eigenvalue weighted by molar-refractivity contribution is 7.80. The molecule has 0 spiro atoms. The number of hydrogen-bond donors (Lipinski definition) is 2. The molecule has 3 aromatic rings. The van der Waals surface area contributed by atoms with Crippen molar-refractivity contribution in [2.75, 3.05) is 26.1 Å². The fourth-order valence-electron chi connectivity index (χ4n) is 3.18. The van der Waals surface area contributed by atoms with Crippen LogP contribution in [-0.2, 0) is 4.74 Å². The van der Waals surface area contributed by atoms with E-state index in [-0.39, 0.29) is 6.23 Å². The summed E-state index contributed by atoms with van der Waals surface area (Å²) in [6.45, 7) is 0.747. The fraction of sp³-hybridized carbons (Fsp3) is 0.389. The van der Waals surface area contributed by atoms with Crippen LogP contribution in [0, 0.1) is 0 Å². The molecule has 1 aliphatic rings. The summed E-state index contributed by atoms with van der Waals surface area (Å²) in [5.74, 6) is 1.90. The Morgan fingerprint density at radius 2 is 2.11 bits per heavy atom. The number of methoxy groups -OCH3 is 2. The predicted octanol–water partition coefficient (Wildman–Crippen LogP) is 3.57. The maximum Gasteiger partial charge on any atom is 0.188 e. The van der Waals surface area contributed by atoms with Crippen LogP contribution in [-0.4, -0.2) is 40.3 Å². The number of nitrogens with zero attached hydrogens (tertiary/aromatic N) is 4. The van der Waals surface area contributed by atoms with E-state index in [2.05, 4.69) is 32.9 Å². The molecular weight excluding hydrogens is 366 g/mol. The molecule has 27 heavy (non-hydrogen) atoms. The lowest BCUT2D eigenvalue weighted by Crippen LogP contribution is -2.17. The molecule has 0 bridgehead atoms. The molecule has 1 aliphatic heterocycles. The van der Waals surface area contributed by atoms with Gasteiger partial charge in [0.2, 0.25) is 0 Å². The van der Waals surface area contributed by atoms with Gasteiger partial charge in [0.25, 0.3) is 0 Å². The van der Waals surface area contributed by atoms with Crippen LogP contribution in [0.2, 0.25) is 0 Å². The third-order valence-corrected chi connectivity index (χ3v) is 4.74. The zero-order chi connectivity index (χ0) is 18.8. The van der Waals surface area contributed by atoms with E-state index in [1.54, 1.807) is 26.6 Å². The summed E-state index contributed by atoms with van der Waals surface area (Å²) in [4.78, 5) is 13.4. The Labute approximate surface area is 162 Å². The molecule has 9 heteroatoms. The largest absolute Gasteiger partial charge is 0.497 e. The second-order valence-corrected chi connectivity index (χ2v) is 6.61. The van der Waals surface area contributed by atoms with E-state index in [0.717, 1.165) is 31.6 Å². The van der Waals surface area contributed by atoms with E-state index in [1.807, 2.05) is 16.7 Å². The molecule has 0 saturated carbocycles. The van der Waals surface area contributed by atoms with Gasteiger partial charge in [0.1, 0.15) is 17.7 Å². The lowest BCUT2D eigenvalue weighted by Gasteiger charge is -2.23. The summed E-state index contributed by atoms with van der Waals surface area (Å²) in [7, 11) is 3.22. The van der Waals surface area contributed by atoms with Gasteiger partial charge < -0.3 is 19.5 Å². The van der Waals surface area contributed by atoms with Gasteiger partial charge in [0.05, 0.1) is 26.2 Å². The SMILES string of the molecule is COc1ccc(Nc2nc(S)nc3c2ncn3C2CCCCO2)c(OC)c1. The molecule has 0 radical (unpaired) electrons. The summed E-state index contributed by atoms with van der Waals surface area (Å²) in [5, 5.41) is 3.63. The van der Waals surface area contributed by atoms with Crippen molar-refractivity contribution in [3.63, 3.8) is 0 Å². The summed E-state index contributed by atoms with van der Waals surface area (Å²) >= 11 is 4.37. The van der Waals surface area contributed by atoms with Crippen LogP contribution in [0.1, 0.15) is 25.5 Å². The topological polar surface area (TPSA) is 83.3 Å². The quantitative estimate of drug-likeness (QED) is 0.511. The van der Waals surface area contributed by atoms with Crippen molar-refractivity contribution in [1.82, 2.24) is 19.5 Å². The zero-order valence-corrected chi connectivity index (χ0v) is 16.1. The Bertz CT molecular complexity index is 956. The molecule has 1 fully saturated rings. The third-order valence-electron chi connectivity index (χ3n) is 4.54. The molecule has 1 N–H and O–H groups in total. The maximum atomic E-state index is 5.87. The van der Waals surface area contributed by atoms with Gasteiger partial charge >= 0.3 is 0 Å². The first-order chi connectivity index (χ1) is 13.2. The van der Waals surface area contributed by atoms with Crippen LogP contribution in [0.25, 0.3) is 11.2 Å². The Hall–Kier alpha value is -2.52. The van der Waals surface area contributed by atoms with Crippen molar-refractivity contribution < 1.29 is 14.2 Å². The number of benzene rings is 1. The number of aromatic nitrogens is 4. The highest BCUT2D eigenvalue weighted by Gasteiger charge is 2.21. The summed E-state index contributed by atoms with van der Waals surface area (Å²) in [6.07, 6.45) is 4.83. The molecule has 1 atom stereocenters. The predicted molar refractivity (Wildman–Crippen MR) is 104 cm³/mol. The Kier molecular flexibility index (Phi) is 5.04. The van der Waals surface area contributed by atoms with E-state index in [4.69, 9.17) is 14.2 Å². The maximum absolute atomic E-state index is 5.87. The fourth-order valence-corrected chi connectivity index (χ4v) is 3.37. The van der Waals surface area contributed by atoms with Crippen molar-refractivity contribution >= 4 is 35.3 Å². The first-order valence-corrected chi connectivity index (χ1v) is 9.18. The van der Waals surface area contributed by atoms with Crippen molar-refractivity contribution in [3.05, 3.63) is 24.5 Å². The molecule has 2 aromatic heterocycles. The standard InChI is InChI=1S/C18H21N5O3S/c1-24-11-6-7-12(13(9-11)25-2)20-16-15-17(22-18(27)21-16)23(10-19-15)14-5-3-4-8-26-14/h6-7,9-10,14H,3-5,8H2,1-2H3,(H2,20,21,22,27). The van der Waals surface area contributed by atoms with Gasteiger partial charge in [-0.1, -0.05) is 0 Å². The lowest BCUT2D eigenvalue weighted by molar-refractivity contribution is -0.0298. The minimum absolute atomic E-state index is 0.0604. The highest BCUT2D eigenvalue weighted by Crippen LogP contribution is 2.34. The van der Waals surface area contributed by atoms with E-state index in [1.165, 1.54) is 0 Å². The van der Waals surface area contributed by atoms with Crippen molar-refractivity contribution in [1.29, 1.82) is 0 Å². The normalized spacial score (nSPS) is 17.1. The Balaban J connectivity index is 1.73. The van der Waals surface area contributed by atoms with E-state index in [9.17, 15) is 0 Å². The summed E-state index contributed by atoms with van der Waals surface area (Å²) in [5.41, 5.74) is 2.09. The molecule has 0 amide bonds. The van der Waals surface area contributed by atoms with Crippen molar-refractivity contribution in [2.45, 2.75) is 30.6 Å². The average Bonchev–Trinajstić information content (AvgIpc) is 3.12. The van der Waals surface area contributed by atoms with Gasteiger partial charge in [-0.2, -0.15) is 0 Å². The first-order valence-electron chi connectivity index (χ1n) is 8.74. The van der Waals surface area contributed by atoms with Crippen LogP contribution >= 0.6 is 12.6 Å². The van der Waals surface area contributed by atoms with Gasteiger partial charge in [0.15, 0.2) is 22.1 Å². The van der Waals surface area contributed by atoms with Gasteiger partial charge in [-0.05, 0) is 31.4 Å².